The van der Waals surface area contributed by atoms with E-state index in [1.807, 2.05) is 12.1 Å². The molecule has 1 saturated carbocycles. The van der Waals surface area contributed by atoms with Crippen LogP contribution in [0.15, 0.2) is 48.7 Å². The smallest absolute Gasteiger partial charge is 0.254 e. The van der Waals surface area contributed by atoms with E-state index in [2.05, 4.69) is 20.6 Å². The summed E-state index contributed by atoms with van der Waals surface area (Å²) >= 11 is 6.48. The average molecular weight is 580 g/mol. The van der Waals surface area contributed by atoms with Crippen LogP contribution in [0.5, 0.6) is 5.75 Å². The van der Waals surface area contributed by atoms with Gasteiger partial charge >= 0.3 is 0 Å². The molecule has 41 heavy (non-hydrogen) atoms. The van der Waals surface area contributed by atoms with Gasteiger partial charge in [0.25, 0.3) is 5.91 Å². The number of carbonyl (C=O) groups is 2. The Kier molecular flexibility index (Phi) is 9.02. The van der Waals surface area contributed by atoms with Gasteiger partial charge in [0.05, 0.1) is 42.8 Å². The molecular weight excluding hydrogens is 546 g/mol. The molecule has 1 unspecified atom stereocenters. The highest BCUT2D eigenvalue weighted by Crippen LogP contribution is 2.32. The Labute approximate surface area is 244 Å². The predicted molar refractivity (Wildman–Crippen MR) is 155 cm³/mol. The molecule has 0 spiro atoms. The SMILES string of the molecule is COc1cccc(C(CO)NC(=O)CN2Cc3ccc(-c4nc(NC5CCC(OC)CC5)ncc4Cl)cc3C2=O)c1. The number of hydrogen-bond donors (Lipinski definition) is 3. The molecule has 11 heteroatoms. The lowest BCUT2D eigenvalue weighted by Gasteiger charge is -2.28. The van der Waals surface area contributed by atoms with E-state index in [0.29, 0.717) is 51.8 Å². The second-order valence-electron chi connectivity index (χ2n) is 10.4. The summed E-state index contributed by atoms with van der Waals surface area (Å²) in [6.45, 7) is -0.127. The topological polar surface area (TPSA) is 126 Å². The number of anilines is 1. The highest BCUT2D eigenvalue weighted by Gasteiger charge is 2.30. The van der Waals surface area contributed by atoms with Crippen LogP contribution in [0.1, 0.15) is 53.2 Å². The first kappa shape index (κ1) is 28.8. The molecule has 2 amide bonds. The molecule has 1 atom stereocenters. The lowest BCUT2D eigenvalue weighted by Crippen LogP contribution is -2.40. The second-order valence-corrected chi connectivity index (χ2v) is 10.8. The van der Waals surface area contributed by atoms with Crippen LogP contribution in [0.2, 0.25) is 5.02 Å². The summed E-state index contributed by atoms with van der Waals surface area (Å²) in [5.41, 5.74) is 3.26. The average Bonchev–Trinajstić information content (AvgIpc) is 3.31. The number of rotatable bonds is 10. The van der Waals surface area contributed by atoms with E-state index >= 15 is 0 Å². The number of carbonyl (C=O) groups excluding carboxylic acids is 2. The lowest BCUT2D eigenvalue weighted by atomic mass is 9.93. The number of aromatic nitrogens is 2. The van der Waals surface area contributed by atoms with E-state index in [4.69, 9.17) is 21.1 Å². The molecule has 3 aromatic rings. The third-order valence-electron chi connectivity index (χ3n) is 7.70. The number of halogens is 1. The van der Waals surface area contributed by atoms with Gasteiger partial charge in [0.1, 0.15) is 12.3 Å². The predicted octanol–water partition coefficient (Wildman–Crippen LogP) is 3.98. The zero-order chi connectivity index (χ0) is 28.9. The number of ether oxygens (including phenoxy) is 2. The Balaban J connectivity index is 1.25. The molecule has 0 bridgehead atoms. The van der Waals surface area contributed by atoms with Gasteiger partial charge in [-0.2, -0.15) is 0 Å². The number of nitrogens with zero attached hydrogens (tertiary/aromatic N) is 3. The van der Waals surface area contributed by atoms with Crippen LogP contribution in [-0.2, 0) is 16.1 Å². The minimum absolute atomic E-state index is 0.142. The molecule has 2 aromatic carbocycles. The van der Waals surface area contributed by atoms with Crippen LogP contribution >= 0.6 is 11.6 Å². The van der Waals surface area contributed by atoms with Gasteiger partial charge in [0, 0.05) is 30.8 Å². The summed E-state index contributed by atoms with van der Waals surface area (Å²) < 4.78 is 10.7. The number of methoxy groups -OCH3 is 2. The molecule has 5 rings (SSSR count). The van der Waals surface area contributed by atoms with Crippen molar-refractivity contribution < 1.29 is 24.2 Å². The van der Waals surface area contributed by atoms with Crippen molar-refractivity contribution in [3.8, 4) is 17.0 Å². The molecule has 0 radical (unpaired) electrons. The van der Waals surface area contributed by atoms with Crippen molar-refractivity contribution in [1.82, 2.24) is 20.2 Å². The van der Waals surface area contributed by atoms with Gasteiger partial charge in [-0.15, -0.1) is 0 Å². The molecule has 2 aliphatic rings. The molecule has 1 aromatic heterocycles. The van der Waals surface area contributed by atoms with Gasteiger partial charge < -0.3 is 30.1 Å². The summed E-state index contributed by atoms with van der Waals surface area (Å²) in [5, 5.41) is 16.5. The van der Waals surface area contributed by atoms with Crippen LogP contribution in [0.4, 0.5) is 5.95 Å². The third-order valence-corrected chi connectivity index (χ3v) is 7.97. The Morgan fingerprint density at radius 3 is 2.71 bits per heavy atom. The number of hydrogen-bond acceptors (Lipinski definition) is 8. The minimum atomic E-state index is -0.623. The van der Waals surface area contributed by atoms with E-state index in [0.717, 1.165) is 31.2 Å². The van der Waals surface area contributed by atoms with Crippen molar-refractivity contribution >= 4 is 29.4 Å². The molecular formula is C30H34ClN5O5. The van der Waals surface area contributed by atoms with Crippen LogP contribution < -0.4 is 15.4 Å². The maximum absolute atomic E-state index is 13.3. The number of benzene rings is 2. The Bertz CT molecular complexity index is 1410. The summed E-state index contributed by atoms with van der Waals surface area (Å²) in [6.07, 6.45) is 5.77. The molecule has 1 aliphatic carbocycles. The third kappa shape index (κ3) is 6.61. The molecule has 0 saturated heterocycles. The zero-order valence-electron chi connectivity index (χ0n) is 23.1. The number of aliphatic hydroxyl groups excluding tert-OH is 1. The largest absolute Gasteiger partial charge is 0.497 e. The number of aliphatic hydroxyl groups is 1. The van der Waals surface area contributed by atoms with Crippen molar-refractivity contribution in [1.29, 1.82) is 0 Å². The lowest BCUT2D eigenvalue weighted by molar-refractivity contribution is -0.122. The summed E-state index contributed by atoms with van der Waals surface area (Å²) in [7, 11) is 3.30. The van der Waals surface area contributed by atoms with Crippen LogP contribution in [-0.4, -0.2) is 71.3 Å². The number of amides is 2. The van der Waals surface area contributed by atoms with E-state index in [-0.39, 0.29) is 31.0 Å². The number of fused-ring (bicyclic) bond motifs is 1. The fourth-order valence-corrected chi connectivity index (χ4v) is 5.61. The van der Waals surface area contributed by atoms with E-state index < -0.39 is 6.04 Å². The molecule has 3 N–H and O–H groups in total. The zero-order valence-corrected chi connectivity index (χ0v) is 23.9. The van der Waals surface area contributed by atoms with Crippen molar-refractivity contribution in [2.45, 2.75) is 50.4 Å². The monoisotopic (exact) mass is 579 g/mol. The van der Waals surface area contributed by atoms with Crippen molar-refractivity contribution in [2.75, 3.05) is 32.7 Å². The van der Waals surface area contributed by atoms with E-state index in [1.54, 1.807) is 50.7 Å². The fraction of sp³-hybridized carbons (Fsp3) is 0.400. The first-order chi connectivity index (χ1) is 19.9. The first-order valence-electron chi connectivity index (χ1n) is 13.7. The van der Waals surface area contributed by atoms with Crippen molar-refractivity contribution in [2.24, 2.45) is 0 Å². The van der Waals surface area contributed by atoms with Gasteiger partial charge in [-0.3, -0.25) is 9.59 Å². The molecule has 10 nitrogen and oxygen atoms in total. The summed E-state index contributed by atoms with van der Waals surface area (Å²) in [6, 6.07) is 12.3. The second kappa shape index (κ2) is 12.8. The van der Waals surface area contributed by atoms with Gasteiger partial charge in [-0.05, 0) is 55.0 Å². The first-order valence-corrected chi connectivity index (χ1v) is 14.0. The fourth-order valence-electron chi connectivity index (χ4n) is 5.41. The normalized spacial score (nSPS) is 19.0. The molecule has 2 heterocycles. The van der Waals surface area contributed by atoms with Crippen LogP contribution in [0, 0.1) is 0 Å². The van der Waals surface area contributed by atoms with E-state index in [1.165, 1.54) is 4.90 Å². The van der Waals surface area contributed by atoms with Crippen LogP contribution in [0.3, 0.4) is 0 Å². The Hall–Kier alpha value is -3.73. The standard InChI is InChI=1S/C30H34ClN5O5/c1-40-22-10-8-21(9-11-22)33-30-32-14-25(31)28(35-30)19-6-7-20-15-36(29(39)24(20)13-19)16-27(38)34-26(17-37)18-4-3-5-23(12-18)41-2/h3-7,12-14,21-22,26,37H,8-11,15-17H2,1-2H3,(H,34,38)(H,32,33,35). The van der Waals surface area contributed by atoms with Gasteiger partial charge in [-0.1, -0.05) is 35.9 Å². The Morgan fingerprint density at radius 1 is 1.17 bits per heavy atom. The Morgan fingerprint density at radius 2 is 1.98 bits per heavy atom. The quantitative estimate of drug-likeness (QED) is 0.329. The summed E-state index contributed by atoms with van der Waals surface area (Å²) in [5.74, 6) is 0.488. The minimum Gasteiger partial charge on any atom is -0.497 e. The highest BCUT2D eigenvalue weighted by molar-refractivity contribution is 6.33. The maximum atomic E-state index is 13.3. The molecule has 1 aliphatic heterocycles. The maximum Gasteiger partial charge on any atom is 0.254 e. The van der Waals surface area contributed by atoms with Gasteiger partial charge in [0.2, 0.25) is 11.9 Å². The van der Waals surface area contributed by atoms with Gasteiger partial charge in [-0.25, -0.2) is 9.97 Å². The number of nitrogens with one attached hydrogen (secondary N) is 2. The van der Waals surface area contributed by atoms with Crippen molar-refractivity contribution in [3.63, 3.8) is 0 Å². The van der Waals surface area contributed by atoms with Crippen molar-refractivity contribution in [3.05, 3.63) is 70.4 Å². The highest BCUT2D eigenvalue weighted by atomic mass is 35.5. The van der Waals surface area contributed by atoms with E-state index in [9.17, 15) is 14.7 Å². The molecule has 216 valence electrons. The van der Waals surface area contributed by atoms with Gasteiger partial charge in [0.15, 0.2) is 0 Å². The van der Waals surface area contributed by atoms with Crippen LogP contribution in [0.25, 0.3) is 11.3 Å². The summed E-state index contributed by atoms with van der Waals surface area (Å²) in [4.78, 5) is 36.7. The molecule has 1 fully saturated rings.